The molecule has 226 valence electrons. The van der Waals surface area contributed by atoms with E-state index in [1.807, 2.05) is 30.3 Å². The van der Waals surface area contributed by atoms with E-state index in [0.29, 0.717) is 56.4 Å². The number of nitrogen functional groups attached to an aromatic ring is 1. The summed E-state index contributed by atoms with van der Waals surface area (Å²) in [4.78, 5) is 35.3. The predicted molar refractivity (Wildman–Crippen MR) is 166 cm³/mol. The zero-order valence-electron chi connectivity index (χ0n) is 24.0. The van der Waals surface area contributed by atoms with Gasteiger partial charge in [-0.15, -0.1) is 24.0 Å². The van der Waals surface area contributed by atoms with Crippen molar-refractivity contribution in [3.63, 3.8) is 0 Å². The number of imidazole rings is 1. The number of pyridine rings is 1. The molecular weight excluding hydrogens is 581 g/mol. The van der Waals surface area contributed by atoms with Gasteiger partial charge in [0, 0.05) is 31.6 Å². The van der Waals surface area contributed by atoms with Crippen molar-refractivity contribution in [1.82, 2.24) is 19.4 Å². The number of carboxylic acids is 1. The van der Waals surface area contributed by atoms with Crippen molar-refractivity contribution >= 4 is 63.6 Å². The number of para-hydroxylation sites is 1. The normalized spacial score (nSPS) is 11.4. The number of alkyl halides is 1. The monoisotopic (exact) mass is 617 g/mol. The van der Waals surface area contributed by atoms with Crippen LogP contribution < -0.4 is 10.5 Å². The number of nitrogens with zero attached hydrogens (tertiary/aromatic N) is 4. The average molecular weight is 619 g/mol. The lowest BCUT2D eigenvalue weighted by Gasteiger charge is -2.24. The number of benzene rings is 2. The molecule has 0 aliphatic carbocycles. The quantitative estimate of drug-likeness (QED) is 0.142. The zero-order chi connectivity index (χ0) is 29.6. The average Bonchev–Trinajstić information content (AvgIpc) is 3.31. The van der Waals surface area contributed by atoms with Crippen LogP contribution >= 0.6 is 24.0 Å². The minimum absolute atomic E-state index is 0. The highest BCUT2D eigenvalue weighted by Gasteiger charge is 2.29. The maximum atomic E-state index is 12.8. The molecule has 0 saturated carbocycles. The van der Waals surface area contributed by atoms with Crippen LogP contribution in [0.5, 0.6) is 5.75 Å². The summed E-state index contributed by atoms with van der Waals surface area (Å²) in [7, 11) is 0. The first-order valence-corrected chi connectivity index (χ1v) is 14.1. The lowest BCUT2D eigenvalue weighted by molar-refractivity contribution is -0.152. The lowest BCUT2D eigenvalue weighted by Crippen LogP contribution is -2.38. The first-order valence-electron chi connectivity index (χ1n) is 13.6. The summed E-state index contributed by atoms with van der Waals surface area (Å²) in [5, 5.41) is 10.3. The molecule has 2 heterocycles. The Morgan fingerprint density at radius 2 is 1.90 bits per heavy atom. The molecule has 0 aliphatic rings. The summed E-state index contributed by atoms with van der Waals surface area (Å²) >= 11 is 5.97. The Hall–Kier alpha value is -3.60. The Morgan fingerprint density at radius 3 is 2.62 bits per heavy atom. The lowest BCUT2D eigenvalue weighted by atomic mass is 10.1. The van der Waals surface area contributed by atoms with Gasteiger partial charge < -0.3 is 29.8 Å². The van der Waals surface area contributed by atoms with Crippen LogP contribution in [0.4, 0.5) is 5.82 Å². The number of hydrogen-bond donors (Lipinski definition) is 2. The van der Waals surface area contributed by atoms with Gasteiger partial charge >= 0.3 is 5.97 Å². The first-order chi connectivity index (χ1) is 19.6. The second-order valence-electron chi connectivity index (χ2n) is 10.3. The number of aryl methyl sites for hydroxylation is 1. The van der Waals surface area contributed by atoms with E-state index in [1.54, 1.807) is 23.1 Å². The topological polar surface area (TPSA) is 133 Å². The summed E-state index contributed by atoms with van der Waals surface area (Å²) < 4.78 is 13.6. The first kappa shape index (κ1) is 32.9. The molecule has 1 amide bonds. The summed E-state index contributed by atoms with van der Waals surface area (Å²) in [6, 6.07) is 14.9. The van der Waals surface area contributed by atoms with Crippen molar-refractivity contribution in [2.24, 2.45) is 0 Å². The molecule has 4 rings (SSSR count). The van der Waals surface area contributed by atoms with Gasteiger partial charge in [0.1, 0.15) is 29.6 Å². The van der Waals surface area contributed by atoms with Crippen molar-refractivity contribution in [3.05, 3.63) is 59.9 Å². The van der Waals surface area contributed by atoms with E-state index in [9.17, 15) is 14.7 Å². The highest BCUT2D eigenvalue weighted by Crippen LogP contribution is 2.29. The van der Waals surface area contributed by atoms with E-state index in [2.05, 4.69) is 16.5 Å². The van der Waals surface area contributed by atoms with Crippen LogP contribution in [0, 0.1) is 0 Å². The standard InChI is InChI=1S/C30H36ClN5O5.ClH/c1-4-15-40-19-24-34-26-27(22-11-5-6-12-23(22)33-28(26)32)36(24)14-8-13-35(25(37)17-31)18-20-9-7-10-21(16-20)41-30(2,3)29(38)39;/h5-7,9-12,16H,4,8,13-15,17-19H2,1-3H3,(H2,32,33)(H,38,39);1H. The molecule has 42 heavy (non-hydrogen) atoms. The Kier molecular flexibility index (Phi) is 11.4. The number of carbonyl (C=O) groups is 2. The SMILES string of the molecule is CCCOCc1nc2c(N)nc3ccccc3c2n1CCCN(Cc1cccc(OC(C)(C)C(=O)O)c1)C(=O)CCl.Cl. The van der Waals surface area contributed by atoms with Crippen molar-refractivity contribution < 1.29 is 24.2 Å². The fourth-order valence-electron chi connectivity index (χ4n) is 4.63. The largest absolute Gasteiger partial charge is 0.478 e. The molecule has 10 nitrogen and oxygen atoms in total. The van der Waals surface area contributed by atoms with E-state index < -0.39 is 11.6 Å². The molecule has 0 aliphatic heterocycles. The molecule has 0 unspecified atom stereocenters. The number of nitrogens with two attached hydrogens (primary N) is 1. The molecule has 0 radical (unpaired) electrons. The third kappa shape index (κ3) is 7.61. The van der Waals surface area contributed by atoms with Gasteiger partial charge in [0.25, 0.3) is 0 Å². The maximum Gasteiger partial charge on any atom is 0.347 e. The number of halogens is 2. The summed E-state index contributed by atoms with van der Waals surface area (Å²) in [5.41, 5.74) is 8.03. The molecule has 0 spiro atoms. The van der Waals surface area contributed by atoms with Gasteiger partial charge in [0.2, 0.25) is 5.91 Å². The second kappa shape index (κ2) is 14.5. The van der Waals surface area contributed by atoms with Gasteiger partial charge in [-0.05, 0) is 50.5 Å². The molecule has 0 bridgehead atoms. The number of hydrogen-bond acceptors (Lipinski definition) is 7. The number of fused-ring (bicyclic) bond motifs is 3. The molecule has 2 aromatic carbocycles. The number of aromatic nitrogens is 3. The van der Waals surface area contributed by atoms with Crippen LogP contribution in [0.15, 0.2) is 48.5 Å². The second-order valence-corrected chi connectivity index (χ2v) is 10.6. The molecule has 3 N–H and O–H groups in total. The Labute approximate surface area is 256 Å². The van der Waals surface area contributed by atoms with Crippen LogP contribution in [-0.4, -0.2) is 61.1 Å². The van der Waals surface area contributed by atoms with E-state index in [-0.39, 0.29) is 24.2 Å². The van der Waals surface area contributed by atoms with Crippen LogP contribution in [0.3, 0.4) is 0 Å². The minimum Gasteiger partial charge on any atom is -0.478 e. The number of amides is 1. The highest BCUT2D eigenvalue weighted by atomic mass is 35.5. The van der Waals surface area contributed by atoms with Gasteiger partial charge in [-0.3, -0.25) is 4.79 Å². The number of carboxylic acid groups (broad SMARTS) is 1. The molecule has 12 heteroatoms. The van der Waals surface area contributed by atoms with Crippen molar-refractivity contribution in [2.45, 2.75) is 58.9 Å². The van der Waals surface area contributed by atoms with Crippen LogP contribution in [-0.2, 0) is 34.0 Å². The molecule has 0 saturated heterocycles. The number of rotatable bonds is 14. The van der Waals surface area contributed by atoms with Crippen molar-refractivity contribution in [2.75, 3.05) is 24.8 Å². The van der Waals surface area contributed by atoms with Crippen LogP contribution in [0.2, 0.25) is 0 Å². The third-order valence-corrected chi connectivity index (χ3v) is 6.93. The Morgan fingerprint density at radius 1 is 1.14 bits per heavy atom. The highest BCUT2D eigenvalue weighted by molar-refractivity contribution is 6.27. The number of aliphatic carboxylic acids is 1. The van der Waals surface area contributed by atoms with Gasteiger partial charge in [-0.2, -0.15) is 0 Å². The fourth-order valence-corrected chi connectivity index (χ4v) is 4.79. The fraction of sp³-hybridized carbons (Fsp3) is 0.400. The van der Waals surface area contributed by atoms with Crippen LogP contribution in [0.1, 0.15) is 45.0 Å². The number of carbonyl (C=O) groups excluding carboxylic acids is 1. The predicted octanol–water partition coefficient (Wildman–Crippen LogP) is 5.41. The molecule has 0 fully saturated rings. The van der Waals surface area contributed by atoms with Crippen LogP contribution in [0.25, 0.3) is 21.9 Å². The Bertz CT molecular complexity index is 1540. The van der Waals surface area contributed by atoms with Gasteiger partial charge in [0.15, 0.2) is 11.4 Å². The zero-order valence-corrected chi connectivity index (χ0v) is 25.6. The molecule has 4 aromatic rings. The van der Waals surface area contributed by atoms with Crippen molar-refractivity contribution in [1.29, 1.82) is 0 Å². The molecule has 2 aromatic heterocycles. The minimum atomic E-state index is -1.39. The molecule has 0 atom stereocenters. The summed E-state index contributed by atoms with van der Waals surface area (Å²) in [5.74, 6) is 0.0936. The van der Waals surface area contributed by atoms with E-state index >= 15 is 0 Å². The maximum absolute atomic E-state index is 12.8. The van der Waals surface area contributed by atoms with Gasteiger partial charge in [-0.25, -0.2) is 14.8 Å². The van der Waals surface area contributed by atoms with E-state index in [1.165, 1.54) is 13.8 Å². The van der Waals surface area contributed by atoms with Crippen molar-refractivity contribution in [3.8, 4) is 5.75 Å². The van der Waals surface area contributed by atoms with E-state index in [0.717, 1.165) is 34.2 Å². The smallest absolute Gasteiger partial charge is 0.347 e. The summed E-state index contributed by atoms with van der Waals surface area (Å²) in [6.45, 7) is 7.27. The molecular formula is C30H37Cl2N5O5. The number of anilines is 1. The van der Waals surface area contributed by atoms with Gasteiger partial charge in [0.05, 0.1) is 11.0 Å². The van der Waals surface area contributed by atoms with Gasteiger partial charge in [-0.1, -0.05) is 37.3 Å². The third-order valence-electron chi connectivity index (χ3n) is 6.71. The summed E-state index contributed by atoms with van der Waals surface area (Å²) in [6.07, 6.45) is 1.51. The van der Waals surface area contributed by atoms with E-state index in [4.69, 9.17) is 31.8 Å². The Balaban J connectivity index is 0.00000484. The number of ether oxygens (including phenoxy) is 2.